The molecular weight excluding hydrogens is 320 g/mol. The first-order chi connectivity index (χ1) is 11.9. The molecule has 0 spiro atoms. The van der Waals surface area contributed by atoms with Crippen molar-refractivity contribution in [1.82, 2.24) is 0 Å². The Morgan fingerprint density at radius 3 is 2.40 bits per heavy atom. The molecule has 1 unspecified atom stereocenters. The normalized spacial score (nSPS) is 18.8. The zero-order valence-corrected chi connectivity index (χ0v) is 16.4. The Bertz CT molecular complexity index is 405. The van der Waals surface area contributed by atoms with Gasteiger partial charge in [0.15, 0.2) is 0 Å². The van der Waals surface area contributed by atoms with Gasteiger partial charge in [0.05, 0.1) is 12.2 Å². The number of unbranched alkanes of at least 4 members (excludes halogenated alkanes) is 1. The first kappa shape index (κ1) is 24.0. The van der Waals surface area contributed by atoms with Crippen LogP contribution in [0.25, 0.3) is 0 Å². The van der Waals surface area contributed by atoms with Gasteiger partial charge >= 0.3 is 0 Å². The molecule has 5 atom stereocenters. The predicted octanol–water partition coefficient (Wildman–Crippen LogP) is 3.08. The first-order valence-electron chi connectivity index (χ1n) is 8.80. The van der Waals surface area contributed by atoms with Crippen LogP contribution in [0.3, 0.4) is 0 Å². The molecule has 0 aromatic rings. The van der Waals surface area contributed by atoms with Crippen LogP contribution in [-0.4, -0.2) is 56.1 Å². The molecule has 0 aliphatic rings. The Labute approximate surface area is 153 Å². The van der Waals surface area contributed by atoms with Gasteiger partial charge in [-0.2, -0.15) is 0 Å². The molecule has 0 rings (SSSR count). The third kappa shape index (κ3) is 9.33. The largest absolute Gasteiger partial charge is 0.396 e. The average molecular weight is 357 g/mol. The Morgan fingerprint density at radius 2 is 1.88 bits per heavy atom. The smallest absolute Gasteiger partial charge is 0.146 e. The highest BCUT2D eigenvalue weighted by molar-refractivity contribution is 5.10. The SMILES string of the molecule is C=CCCC=CC(OC)[C@@H](OCOC)[C@H](C)[C@@H](O)C(C)=C[C@H](C)CO. The van der Waals surface area contributed by atoms with Crippen molar-refractivity contribution in [3.8, 4) is 0 Å². The van der Waals surface area contributed by atoms with E-state index in [0.717, 1.165) is 18.4 Å². The molecule has 0 aliphatic carbocycles. The maximum absolute atomic E-state index is 10.7. The summed E-state index contributed by atoms with van der Waals surface area (Å²) in [5, 5.41) is 19.9. The highest BCUT2D eigenvalue weighted by Gasteiger charge is 2.32. The number of methoxy groups -OCH3 is 2. The molecule has 0 aromatic heterocycles. The minimum Gasteiger partial charge on any atom is -0.396 e. The lowest BCUT2D eigenvalue weighted by atomic mass is 9.88. The van der Waals surface area contributed by atoms with E-state index in [2.05, 4.69) is 6.58 Å². The van der Waals surface area contributed by atoms with Crippen molar-refractivity contribution >= 4 is 0 Å². The first-order valence-corrected chi connectivity index (χ1v) is 8.80. The molecule has 5 nitrogen and oxygen atoms in total. The Kier molecular flexibility index (Phi) is 13.7. The zero-order valence-electron chi connectivity index (χ0n) is 16.4. The van der Waals surface area contributed by atoms with E-state index in [4.69, 9.17) is 14.2 Å². The molecule has 0 saturated carbocycles. The summed E-state index contributed by atoms with van der Waals surface area (Å²) in [6.07, 6.45) is 8.16. The second-order valence-electron chi connectivity index (χ2n) is 6.41. The molecule has 5 heteroatoms. The van der Waals surface area contributed by atoms with E-state index in [1.165, 1.54) is 0 Å². The van der Waals surface area contributed by atoms with Crippen LogP contribution in [0.5, 0.6) is 0 Å². The molecule has 0 fully saturated rings. The van der Waals surface area contributed by atoms with Crippen molar-refractivity contribution in [1.29, 1.82) is 0 Å². The van der Waals surface area contributed by atoms with Crippen LogP contribution in [0, 0.1) is 11.8 Å². The van der Waals surface area contributed by atoms with Crippen molar-refractivity contribution in [2.45, 2.75) is 51.9 Å². The summed E-state index contributed by atoms with van der Waals surface area (Å²) in [4.78, 5) is 0. The third-order valence-electron chi connectivity index (χ3n) is 4.16. The highest BCUT2D eigenvalue weighted by atomic mass is 16.7. The van der Waals surface area contributed by atoms with Gasteiger partial charge in [-0.1, -0.05) is 38.2 Å². The van der Waals surface area contributed by atoms with Gasteiger partial charge in [-0.05, 0) is 31.3 Å². The van der Waals surface area contributed by atoms with Crippen LogP contribution in [0.15, 0.2) is 36.5 Å². The van der Waals surface area contributed by atoms with Gasteiger partial charge < -0.3 is 24.4 Å². The molecule has 0 aromatic carbocycles. The van der Waals surface area contributed by atoms with Crippen molar-refractivity contribution < 1.29 is 24.4 Å². The van der Waals surface area contributed by atoms with Crippen molar-refractivity contribution in [2.75, 3.05) is 27.6 Å². The van der Waals surface area contributed by atoms with Crippen LogP contribution in [0.4, 0.5) is 0 Å². The highest BCUT2D eigenvalue weighted by Crippen LogP contribution is 2.24. The second-order valence-corrected chi connectivity index (χ2v) is 6.41. The van der Waals surface area contributed by atoms with E-state index >= 15 is 0 Å². The maximum Gasteiger partial charge on any atom is 0.146 e. The summed E-state index contributed by atoms with van der Waals surface area (Å²) in [6.45, 7) is 9.58. The van der Waals surface area contributed by atoms with Crippen LogP contribution in [-0.2, 0) is 14.2 Å². The maximum atomic E-state index is 10.7. The summed E-state index contributed by atoms with van der Waals surface area (Å²) in [6, 6.07) is 0. The van der Waals surface area contributed by atoms with E-state index < -0.39 is 6.10 Å². The van der Waals surface area contributed by atoms with E-state index in [0.29, 0.717) is 0 Å². The van der Waals surface area contributed by atoms with Crippen molar-refractivity contribution in [3.05, 3.63) is 36.5 Å². The lowest BCUT2D eigenvalue weighted by Gasteiger charge is -2.32. The van der Waals surface area contributed by atoms with Gasteiger partial charge in [-0.3, -0.25) is 0 Å². The topological polar surface area (TPSA) is 68.2 Å². The number of aliphatic hydroxyl groups is 2. The summed E-state index contributed by atoms with van der Waals surface area (Å²) >= 11 is 0. The molecule has 146 valence electrons. The molecule has 0 radical (unpaired) electrons. The van der Waals surface area contributed by atoms with Gasteiger partial charge in [0.2, 0.25) is 0 Å². The minimum absolute atomic E-state index is 0.00258. The van der Waals surface area contributed by atoms with Crippen LogP contribution in [0.2, 0.25) is 0 Å². The fourth-order valence-electron chi connectivity index (χ4n) is 2.65. The summed E-state index contributed by atoms with van der Waals surface area (Å²) in [7, 11) is 3.19. The molecule has 2 N–H and O–H groups in total. The number of hydrogen-bond acceptors (Lipinski definition) is 5. The van der Waals surface area contributed by atoms with Crippen molar-refractivity contribution in [3.63, 3.8) is 0 Å². The number of aliphatic hydroxyl groups excluding tert-OH is 2. The lowest BCUT2D eigenvalue weighted by Crippen LogP contribution is -2.41. The molecule has 0 aliphatic heterocycles. The van der Waals surface area contributed by atoms with Gasteiger partial charge in [0.1, 0.15) is 12.9 Å². The number of allylic oxidation sites excluding steroid dienone is 2. The lowest BCUT2D eigenvalue weighted by molar-refractivity contribution is -0.139. The van der Waals surface area contributed by atoms with Crippen LogP contribution >= 0.6 is 0 Å². The molecule has 0 heterocycles. The van der Waals surface area contributed by atoms with Crippen molar-refractivity contribution in [2.24, 2.45) is 11.8 Å². The fourth-order valence-corrected chi connectivity index (χ4v) is 2.65. The number of ether oxygens (including phenoxy) is 3. The van der Waals surface area contributed by atoms with Crippen LogP contribution < -0.4 is 0 Å². The van der Waals surface area contributed by atoms with Gasteiger partial charge in [-0.25, -0.2) is 0 Å². The molecule has 0 bridgehead atoms. The standard InChI is InChI=1S/C20H36O5/c1-7-8-9-10-11-18(24-6)20(25-14-23-5)17(4)19(22)16(3)12-15(2)13-21/h7,10-12,15,17-22H,1,8-9,13-14H2,2-6H3/t15-,17+,18?,19-,20-/m0/s1. The Balaban J connectivity index is 5.21. The Hall–Kier alpha value is -0.980. The predicted molar refractivity (Wildman–Crippen MR) is 101 cm³/mol. The average Bonchev–Trinajstić information content (AvgIpc) is 2.62. The van der Waals surface area contributed by atoms with E-state index in [-0.39, 0.29) is 37.4 Å². The molecule has 0 amide bonds. The monoisotopic (exact) mass is 356 g/mol. The number of rotatable bonds is 14. The van der Waals surface area contributed by atoms with E-state index in [1.54, 1.807) is 14.2 Å². The van der Waals surface area contributed by atoms with Gasteiger partial charge in [0, 0.05) is 26.7 Å². The molecule has 25 heavy (non-hydrogen) atoms. The molecular formula is C20H36O5. The summed E-state index contributed by atoms with van der Waals surface area (Å²) in [5.74, 6) is -0.219. The minimum atomic E-state index is -0.699. The van der Waals surface area contributed by atoms with Gasteiger partial charge in [-0.15, -0.1) is 6.58 Å². The second kappa shape index (κ2) is 14.2. The third-order valence-corrected chi connectivity index (χ3v) is 4.16. The zero-order chi connectivity index (χ0) is 19.2. The molecule has 0 saturated heterocycles. The Morgan fingerprint density at radius 1 is 1.20 bits per heavy atom. The fraction of sp³-hybridized carbons (Fsp3) is 0.700. The number of hydrogen-bond donors (Lipinski definition) is 2. The van der Waals surface area contributed by atoms with Gasteiger partial charge in [0.25, 0.3) is 0 Å². The van der Waals surface area contributed by atoms with Crippen LogP contribution in [0.1, 0.15) is 33.6 Å². The summed E-state index contributed by atoms with van der Waals surface area (Å²) < 4.78 is 16.4. The van der Waals surface area contributed by atoms with E-state index in [9.17, 15) is 10.2 Å². The quantitative estimate of drug-likeness (QED) is 0.284. The summed E-state index contributed by atoms with van der Waals surface area (Å²) in [5.41, 5.74) is 0.811. The van der Waals surface area contributed by atoms with E-state index in [1.807, 2.05) is 45.1 Å².